The van der Waals surface area contributed by atoms with Gasteiger partial charge in [-0.2, -0.15) is 5.26 Å². The Morgan fingerprint density at radius 3 is 2.63 bits per heavy atom. The van der Waals surface area contributed by atoms with Crippen molar-refractivity contribution in [1.82, 2.24) is 9.97 Å². The zero-order chi connectivity index (χ0) is 13.8. The summed E-state index contributed by atoms with van der Waals surface area (Å²) >= 11 is 5.77. The maximum absolute atomic E-state index is 11.2. The number of nitriles is 1. The maximum Gasteiger partial charge on any atom is 0.271 e. The first-order valence-electron chi connectivity index (χ1n) is 5.19. The van der Waals surface area contributed by atoms with E-state index < -0.39 is 5.91 Å². The highest BCUT2D eigenvalue weighted by molar-refractivity contribution is 6.30. The van der Waals surface area contributed by atoms with Gasteiger partial charge in [-0.25, -0.2) is 9.97 Å². The summed E-state index contributed by atoms with van der Waals surface area (Å²) in [5, 5.41) is 12.2. The number of benzene rings is 1. The van der Waals surface area contributed by atoms with Gasteiger partial charge in [-0.3, -0.25) is 4.79 Å². The number of nitrogens with zero attached hydrogens (tertiary/aromatic N) is 3. The molecule has 2 rings (SSSR count). The van der Waals surface area contributed by atoms with Crippen molar-refractivity contribution in [3.05, 3.63) is 46.9 Å². The summed E-state index contributed by atoms with van der Waals surface area (Å²) in [5.41, 5.74) is 5.90. The number of amides is 1. The van der Waals surface area contributed by atoms with Gasteiger partial charge in [0.1, 0.15) is 6.07 Å². The van der Waals surface area contributed by atoms with Crippen LogP contribution < -0.4 is 11.1 Å². The number of aromatic nitrogens is 2. The minimum atomic E-state index is -0.728. The van der Waals surface area contributed by atoms with Gasteiger partial charge < -0.3 is 11.1 Å². The van der Waals surface area contributed by atoms with Gasteiger partial charge in [0.05, 0.1) is 6.20 Å². The number of halogens is 1. The van der Waals surface area contributed by atoms with Crippen LogP contribution in [0.15, 0.2) is 30.5 Å². The number of rotatable bonds is 3. The molecule has 0 unspecified atom stereocenters. The summed E-state index contributed by atoms with van der Waals surface area (Å²) in [4.78, 5) is 19.0. The molecule has 0 atom stereocenters. The Kier molecular flexibility index (Phi) is 3.59. The molecule has 0 bridgehead atoms. The van der Waals surface area contributed by atoms with Crippen molar-refractivity contribution in [2.45, 2.75) is 0 Å². The van der Waals surface area contributed by atoms with Gasteiger partial charge in [0, 0.05) is 10.7 Å². The number of primary amides is 1. The zero-order valence-corrected chi connectivity index (χ0v) is 10.3. The molecule has 0 aliphatic rings. The van der Waals surface area contributed by atoms with Gasteiger partial charge in [0.25, 0.3) is 5.91 Å². The number of nitrogens with one attached hydrogen (secondary N) is 1. The standard InChI is InChI=1S/C12H8ClN5O/c13-7-1-3-8(4-2-7)17-12-10(11(15)19)16-6-9(5-14)18-12/h1-4,6H,(H2,15,19)(H,17,18). The summed E-state index contributed by atoms with van der Waals surface area (Å²) in [6.07, 6.45) is 1.19. The molecular weight excluding hydrogens is 266 g/mol. The molecule has 1 heterocycles. The van der Waals surface area contributed by atoms with Crippen LogP contribution in [0.25, 0.3) is 0 Å². The van der Waals surface area contributed by atoms with Gasteiger partial charge in [0.2, 0.25) is 0 Å². The number of hydrogen-bond acceptors (Lipinski definition) is 5. The second-order valence-electron chi connectivity index (χ2n) is 3.56. The van der Waals surface area contributed by atoms with Crippen molar-refractivity contribution in [2.75, 3.05) is 5.32 Å². The van der Waals surface area contributed by atoms with Crippen LogP contribution in [0.3, 0.4) is 0 Å². The van der Waals surface area contributed by atoms with E-state index in [-0.39, 0.29) is 17.2 Å². The summed E-state index contributed by atoms with van der Waals surface area (Å²) in [7, 11) is 0. The third kappa shape index (κ3) is 2.97. The van der Waals surface area contributed by atoms with Crippen LogP contribution in [-0.4, -0.2) is 15.9 Å². The smallest absolute Gasteiger partial charge is 0.271 e. The largest absolute Gasteiger partial charge is 0.364 e. The molecule has 0 saturated carbocycles. The first-order valence-corrected chi connectivity index (χ1v) is 5.57. The third-order valence-electron chi connectivity index (χ3n) is 2.23. The van der Waals surface area contributed by atoms with E-state index in [9.17, 15) is 4.79 Å². The predicted octanol–water partition coefficient (Wildman–Crippen LogP) is 1.84. The number of hydrogen-bond donors (Lipinski definition) is 2. The fraction of sp³-hybridized carbons (Fsp3) is 0. The molecule has 2 aromatic rings. The Bertz CT molecular complexity index is 663. The molecule has 0 fully saturated rings. The molecule has 1 aromatic carbocycles. The number of carbonyl (C=O) groups is 1. The molecule has 19 heavy (non-hydrogen) atoms. The Labute approximate surface area is 113 Å². The molecule has 0 aliphatic heterocycles. The molecule has 0 aliphatic carbocycles. The van der Waals surface area contributed by atoms with Crippen molar-refractivity contribution >= 4 is 29.0 Å². The summed E-state index contributed by atoms with van der Waals surface area (Å²) in [6.45, 7) is 0. The molecule has 3 N–H and O–H groups in total. The highest BCUT2D eigenvalue weighted by atomic mass is 35.5. The van der Waals surface area contributed by atoms with E-state index in [2.05, 4.69) is 15.3 Å². The zero-order valence-electron chi connectivity index (χ0n) is 9.59. The molecular formula is C12H8ClN5O. The molecule has 7 heteroatoms. The fourth-order valence-corrected chi connectivity index (χ4v) is 1.51. The fourth-order valence-electron chi connectivity index (χ4n) is 1.38. The Morgan fingerprint density at radius 2 is 2.05 bits per heavy atom. The lowest BCUT2D eigenvalue weighted by Gasteiger charge is -2.08. The topological polar surface area (TPSA) is 105 Å². The van der Waals surface area contributed by atoms with Gasteiger partial charge in [0.15, 0.2) is 17.2 Å². The average Bonchev–Trinajstić information content (AvgIpc) is 2.41. The van der Waals surface area contributed by atoms with Gasteiger partial charge in [-0.1, -0.05) is 11.6 Å². The van der Waals surface area contributed by atoms with Gasteiger partial charge in [-0.05, 0) is 24.3 Å². The van der Waals surface area contributed by atoms with Crippen LogP contribution in [0.1, 0.15) is 16.2 Å². The molecule has 0 saturated heterocycles. The predicted molar refractivity (Wildman–Crippen MR) is 70.0 cm³/mol. The van der Waals surface area contributed by atoms with Crippen LogP contribution in [0.4, 0.5) is 11.5 Å². The monoisotopic (exact) mass is 273 g/mol. The SMILES string of the molecule is N#Cc1cnc(C(N)=O)c(Nc2ccc(Cl)cc2)n1. The third-order valence-corrected chi connectivity index (χ3v) is 2.48. The second kappa shape index (κ2) is 5.33. The maximum atomic E-state index is 11.2. The Hall–Kier alpha value is -2.65. The first-order chi connectivity index (χ1) is 9.10. The average molecular weight is 274 g/mol. The van der Waals surface area contributed by atoms with Crippen LogP contribution in [0.2, 0.25) is 5.02 Å². The van der Waals surface area contributed by atoms with Crippen LogP contribution >= 0.6 is 11.6 Å². The molecule has 0 radical (unpaired) electrons. The number of carbonyl (C=O) groups excluding carboxylic acids is 1. The normalized spacial score (nSPS) is 9.68. The van der Waals surface area contributed by atoms with Crippen LogP contribution in [0, 0.1) is 11.3 Å². The van der Waals surface area contributed by atoms with Crippen LogP contribution in [-0.2, 0) is 0 Å². The summed E-state index contributed by atoms with van der Waals surface area (Å²) < 4.78 is 0. The molecule has 1 amide bonds. The van der Waals surface area contributed by atoms with Gasteiger partial charge in [-0.15, -0.1) is 0 Å². The first kappa shape index (κ1) is 12.8. The molecule has 6 nitrogen and oxygen atoms in total. The van der Waals surface area contributed by atoms with E-state index in [1.165, 1.54) is 6.20 Å². The van der Waals surface area contributed by atoms with E-state index in [1.807, 2.05) is 6.07 Å². The van der Waals surface area contributed by atoms with E-state index in [1.54, 1.807) is 24.3 Å². The highest BCUT2D eigenvalue weighted by Crippen LogP contribution is 2.19. The van der Waals surface area contributed by atoms with E-state index in [0.29, 0.717) is 10.7 Å². The van der Waals surface area contributed by atoms with E-state index >= 15 is 0 Å². The minimum Gasteiger partial charge on any atom is -0.364 e. The van der Waals surface area contributed by atoms with Crippen molar-refractivity contribution in [3.63, 3.8) is 0 Å². The minimum absolute atomic E-state index is 0.0334. The summed E-state index contributed by atoms with van der Waals surface area (Å²) in [5.74, 6) is -0.595. The van der Waals surface area contributed by atoms with Crippen molar-refractivity contribution in [2.24, 2.45) is 5.73 Å². The van der Waals surface area contributed by atoms with Gasteiger partial charge >= 0.3 is 0 Å². The van der Waals surface area contributed by atoms with E-state index in [4.69, 9.17) is 22.6 Å². The van der Waals surface area contributed by atoms with Crippen LogP contribution in [0.5, 0.6) is 0 Å². The molecule has 1 aromatic heterocycles. The van der Waals surface area contributed by atoms with Crippen molar-refractivity contribution in [1.29, 1.82) is 5.26 Å². The lowest BCUT2D eigenvalue weighted by Crippen LogP contribution is -2.16. The summed E-state index contributed by atoms with van der Waals surface area (Å²) in [6, 6.07) is 8.60. The van der Waals surface area contributed by atoms with Crippen molar-refractivity contribution in [3.8, 4) is 6.07 Å². The second-order valence-corrected chi connectivity index (χ2v) is 4.00. The Balaban J connectivity index is 2.40. The quantitative estimate of drug-likeness (QED) is 0.888. The lowest BCUT2D eigenvalue weighted by molar-refractivity contribution is 0.0996. The molecule has 0 spiro atoms. The Morgan fingerprint density at radius 1 is 1.37 bits per heavy atom. The number of anilines is 2. The van der Waals surface area contributed by atoms with E-state index in [0.717, 1.165) is 0 Å². The molecule has 94 valence electrons. The lowest BCUT2D eigenvalue weighted by atomic mass is 10.3. The number of nitrogens with two attached hydrogens (primary N) is 1. The highest BCUT2D eigenvalue weighted by Gasteiger charge is 2.13. The van der Waals surface area contributed by atoms with Crippen molar-refractivity contribution < 1.29 is 4.79 Å².